The van der Waals surface area contributed by atoms with Crippen LogP contribution in [0.1, 0.15) is 0 Å². The van der Waals surface area contributed by atoms with E-state index >= 15 is 0 Å². The highest BCUT2D eigenvalue weighted by atomic mass is 16.3. The molecule has 9 aromatic rings. The largest absolute Gasteiger partial charge is 0.455 e. The highest BCUT2D eigenvalue weighted by Gasteiger charge is 2.23. The Kier molecular flexibility index (Phi) is 6.17. The van der Waals surface area contributed by atoms with Gasteiger partial charge in [0.1, 0.15) is 11.2 Å². The molecule has 1 aromatic heterocycles. The SMILES string of the molecule is c1ccc(-c2ccc(N(c3ccc4ccccc4c3)c3ccc4c(oc5c6ccccc6ccc45)c3-c3ccccc3)cc2)cc1. The molecule has 0 saturated heterocycles. The fraction of sp³-hybridized carbons (Fsp3) is 0. The highest BCUT2D eigenvalue weighted by molar-refractivity contribution is 6.19. The Morgan fingerprint density at radius 1 is 0.348 bits per heavy atom. The van der Waals surface area contributed by atoms with Gasteiger partial charge in [0.15, 0.2) is 0 Å². The first-order chi connectivity index (χ1) is 22.8. The van der Waals surface area contributed by atoms with Crippen LogP contribution >= 0.6 is 0 Å². The van der Waals surface area contributed by atoms with E-state index in [1.54, 1.807) is 0 Å². The molecule has 46 heavy (non-hydrogen) atoms. The number of anilines is 3. The lowest BCUT2D eigenvalue weighted by Crippen LogP contribution is -2.11. The summed E-state index contributed by atoms with van der Waals surface area (Å²) in [4.78, 5) is 2.37. The van der Waals surface area contributed by atoms with Crippen LogP contribution in [0.15, 0.2) is 180 Å². The first kappa shape index (κ1) is 26.3. The second-order valence-corrected chi connectivity index (χ2v) is 11.7. The predicted molar refractivity (Wildman–Crippen MR) is 194 cm³/mol. The van der Waals surface area contributed by atoms with Crippen molar-refractivity contribution in [3.05, 3.63) is 176 Å². The minimum Gasteiger partial charge on any atom is -0.455 e. The molecule has 0 saturated carbocycles. The van der Waals surface area contributed by atoms with E-state index in [1.165, 1.54) is 27.3 Å². The lowest BCUT2D eigenvalue weighted by molar-refractivity contribution is 0.674. The number of fused-ring (bicyclic) bond motifs is 6. The summed E-state index contributed by atoms with van der Waals surface area (Å²) in [5, 5.41) is 6.95. The van der Waals surface area contributed by atoms with E-state index in [1.807, 2.05) is 0 Å². The van der Waals surface area contributed by atoms with Crippen molar-refractivity contribution in [2.24, 2.45) is 0 Å². The summed E-state index contributed by atoms with van der Waals surface area (Å²) < 4.78 is 6.93. The summed E-state index contributed by atoms with van der Waals surface area (Å²) in [7, 11) is 0. The number of hydrogen-bond donors (Lipinski definition) is 0. The molecule has 0 aliphatic rings. The molecule has 1 heterocycles. The Bertz CT molecular complexity index is 2510. The maximum Gasteiger partial charge on any atom is 0.145 e. The topological polar surface area (TPSA) is 16.4 Å². The molecule has 0 aliphatic heterocycles. The number of furan rings is 1. The van der Waals surface area contributed by atoms with Crippen LogP contribution in [-0.4, -0.2) is 0 Å². The van der Waals surface area contributed by atoms with Gasteiger partial charge in [-0.05, 0) is 75.3 Å². The molecule has 0 spiro atoms. The third-order valence-electron chi connectivity index (χ3n) is 9.04. The molecule has 0 aliphatic carbocycles. The monoisotopic (exact) mass is 587 g/mol. The summed E-state index contributed by atoms with van der Waals surface area (Å²) in [5.74, 6) is 0. The van der Waals surface area contributed by atoms with Gasteiger partial charge < -0.3 is 9.32 Å². The zero-order valence-electron chi connectivity index (χ0n) is 25.1. The third-order valence-corrected chi connectivity index (χ3v) is 9.04. The van der Waals surface area contributed by atoms with Crippen molar-refractivity contribution in [2.75, 3.05) is 4.90 Å². The van der Waals surface area contributed by atoms with Gasteiger partial charge in [-0.15, -0.1) is 0 Å². The van der Waals surface area contributed by atoms with Crippen LogP contribution < -0.4 is 4.90 Å². The molecular weight excluding hydrogens is 558 g/mol. The van der Waals surface area contributed by atoms with Crippen molar-refractivity contribution < 1.29 is 4.42 Å². The van der Waals surface area contributed by atoms with Crippen molar-refractivity contribution in [1.29, 1.82) is 0 Å². The number of rotatable bonds is 5. The standard InChI is InChI=1S/C44H29NO/c1-3-11-30(12-4-1)32-19-23-36(24-20-32)45(37-25-21-31-13-7-8-17-35(31)29-37)41-28-27-40-39-26-22-33-14-9-10-18-38(33)43(39)46-44(40)42(41)34-15-5-2-6-16-34/h1-29H. The average molecular weight is 588 g/mol. The molecule has 216 valence electrons. The van der Waals surface area contributed by atoms with E-state index in [-0.39, 0.29) is 0 Å². The zero-order chi connectivity index (χ0) is 30.5. The van der Waals surface area contributed by atoms with Crippen LogP contribution in [0, 0.1) is 0 Å². The van der Waals surface area contributed by atoms with Gasteiger partial charge in [0.25, 0.3) is 0 Å². The summed E-state index contributed by atoms with van der Waals surface area (Å²) in [6.45, 7) is 0. The first-order valence-electron chi connectivity index (χ1n) is 15.7. The molecule has 0 atom stereocenters. The Labute approximate surface area is 267 Å². The Hall–Kier alpha value is -6.12. The molecule has 0 fully saturated rings. The molecular formula is C44H29NO. The normalized spacial score (nSPS) is 11.5. The second kappa shape index (κ2) is 10.8. The van der Waals surface area contributed by atoms with Crippen LogP contribution in [0.5, 0.6) is 0 Å². The Morgan fingerprint density at radius 3 is 1.70 bits per heavy atom. The number of benzene rings is 8. The number of nitrogens with zero attached hydrogens (tertiary/aromatic N) is 1. The quantitative estimate of drug-likeness (QED) is 0.199. The van der Waals surface area contributed by atoms with Crippen molar-refractivity contribution in [2.45, 2.75) is 0 Å². The molecule has 2 heteroatoms. The zero-order valence-corrected chi connectivity index (χ0v) is 25.1. The van der Waals surface area contributed by atoms with Crippen molar-refractivity contribution in [3.63, 3.8) is 0 Å². The molecule has 0 bridgehead atoms. The van der Waals surface area contributed by atoms with Gasteiger partial charge >= 0.3 is 0 Å². The Morgan fingerprint density at radius 2 is 0.913 bits per heavy atom. The summed E-state index contributed by atoms with van der Waals surface area (Å²) in [6.07, 6.45) is 0. The molecule has 2 nitrogen and oxygen atoms in total. The molecule has 0 amide bonds. The fourth-order valence-corrected chi connectivity index (χ4v) is 6.80. The molecule has 0 radical (unpaired) electrons. The van der Waals surface area contributed by atoms with E-state index in [2.05, 4.69) is 181 Å². The van der Waals surface area contributed by atoms with E-state index in [0.717, 1.165) is 55.5 Å². The van der Waals surface area contributed by atoms with Gasteiger partial charge in [-0.25, -0.2) is 0 Å². The van der Waals surface area contributed by atoms with Gasteiger partial charge in [-0.1, -0.05) is 133 Å². The summed E-state index contributed by atoms with van der Waals surface area (Å²) in [5.41, 5.74) is 9.60. The van der Waals surface area contributed by atoms with E-state index in [4.69, 9.17) is 4.42 Å². The van der Waals surface area contributed by atoms with Crippen molar-refractivity contribution in [3.8, 4) is 22.3 Å². The highest BCUT2D eigenvalue weighted by Crippen LogP contribution is 2.47. The van der Waals surface area contributed by atoms with E-state index < -0.39 is 0 Å². The van der Waals surface area contributed by atoms with Crippen molar-refractivity contribution in [1.82, 2.24) is 0 Å². The van der Waals surface area contributed by atoms with Crippen LogP contribution in [0.25, 0.3) is 65.7 Å². The second-order valence-electron chi connectivity index (χ2n) is 11.7. The maximum atomic E-state index is 6.93. The van der Waals surface area contributed by atoms with Crippen LogP contribution in [0.2, 0.25) is 0 Å². The molecule has 0 N–H and O–H groups in total. The average Bonchev–Trinajstić information content (AvgIpc) is 3.52. The fourth-order valence-electron chi connectivity index (χ4n) is 6.80. The van der Waals surface area contributed by atoms with E-state index in [9.17, 15) is 0 Å². The lowest BCUT2D eigenvalue weighted by atomic mass is 9.97. The van der Waals surface area contributed by atoms with Crippen LogP contribution in [0.3, 0.4) is 0 Å². The van der Waals surface area contributed by atoms with Gasteiger partial charge in [0.05, 0.1) is 5.69 Å². The van der Waals surface area contributed by atoms with Crippen LogP contribution in [-0.2, 0) is 0 Å². The predicted octanol–water partition coefficient (Wildman–Crippen LogP) is 12.7. The number of hydrogen-bond acceptors (Lipinski definition) is 2. The van der Waals surface area contributed by atoms with E-state index in [0.29, 0.717) is 0 Å². The van der Waals surface area contributed by atoms with Gasteiger partial charge in [-0.3, -0.25) is 0 Å². The molecule has 0 unspecified atom stereocenters. The smallest absolute Gasteiger partial charge is 0.145 e. The van der Waals surface area contributed by atoms with Gasteiger partial charge in [0.2, 0.25) is 0 Å². The lowest BCUT2D eigenvalue weighted by Gasteiger charge is -2.28. The van der Waals surface area contributed by atoms with Gasteiger partial charge in [0, 0.05) is 33.1 Å². The first-order valence-corrected chi connectivity index (χ1v) is 15.7. The van der Waals surface area contributed by atoms with Gasteiger partial charge in [-0.2, -0.15) is 0 Å². The maximum absolute atomic E-state index is 6.93. The summed E-state index contributed by atoms with van der Waals surface area (Å²) in [6, 6.07) is 62.6. The minimum atomic E-state index is 0.891. The van der Waals surface area contributed by atoms with Crippen LogP contribution in [0.4, 0.5) is 17.1 Å². The third kappa shape index (κ3) is 4.35. The summed E-state index contributed by atoms with van der Waals surface area (Å²) >= 11 is 0. The molecule has 8 aromatic carbocycles. The molecule has 9 rings (SSSR count). The Balaban J connectivity index is 1.33. The van der Waals surface area contributed by atoms with Crippen molar-refractivity contribution >= 4 is 60.5 Å². The minimum absolute atomic E-state index is 0.891.